The first-order valence-electron chi connectivity index (χ1n) is 6.49. The molecule has 0 aliphatic rings. The number of imidazole rings is 1. The summed E-state index contributed by atoms with van der Waals surface area (Å²) in [5, 5.41) is 3.34. The largest absolute Gasteiger partial charge is 0.335 e. The lowest BCUT2D eigenvalue weighted by atomic mass is 10.1. The molecule has 0 saturated heterocycles. The molecule has 1 rings (SSSR count). The molecule has 0 radical (unpaired) electrons. The molecule has 0 saturated carbocycles. The first-order valence-corrected chi connectivity index (χ1v) is 6.49. The van der Waals surface area contributed by atoms with Crippen LogP contribution in [-0.4, -0.2) is 22.6 Å². The highest BCUT2D eigenvalue weighted by atomic mass is 15.1. The Hall–Kier alpha value is -0.830. The Bertz CT molecular complexity index is 276. The van der Waals surface area contributed by atoms with E-state index in [1.54, 1.807) is 0 Å². The van der Waals surface area contributed by atoms with Crippen LogP contribution in [0.1, 0.15) is 45.4 Å². The summed E-state index contributed by atoms with van der Waals surface area (Å²) in [4.78, 5) is 4.43. The van der Waals surface area contributed by atoms with Crippen molar-refractivity contribution in [2.24, 2.45) is 0 Å². The second-order valence-electron chi connectivity index (χ2n) is 4.32. The molecule has 1 unspecified atom stereocenters. The van der Waals surface area contributed by atoms with Crippen LogP contribution in [0.4, 0.5) is 0 Å². The summed E-state index contributed by atoms with van der Waals surface area (Å²) < 4.78 is 2.28. The minimum absolute atomic E-state index is 0.662. The number of aromatic nitrogens is 2. The van der Waals surface area contributed by atoms with Gasteiger partial charge in [-0.3, -0.25) is 0 Å². The molecule has 1 heterocycles. The zero-order valence-electron chi connectivity index (χ0n) is 10.9. The molecule has 0 amide bonds. The molecule has 1 aromatic rings. The molecule has 1 N–H and O–H groups in total. The van der Waals surface area contributed by atoms with Crippen LogP contribution in [0.2, 0.25) is 0 Å². The SMILES string of the molecule is CCCn1ccnc1CCCC(CC)NC. The molecule has 92 valence electrons. The molecule has 0 aromatic carbocycles. The lowest BCUT2D eigenvalue weighted by Crippen LogP contribution is -2.24. The van der Waals surface area contributed by atoms with Gasteiger partial charge in [-0.25, -0.2) is 4.98 Å². The van der Waals surface area contributed by atoms with Crippen molar-refractivity contribution < 1.29 is 0 Å². The lowest BCUT2D eigenvalue weighted by molar-refractivity contribution is 0.484. The summed E-state index contributed by atoms with van der Waals surface area (Å²) in [6, 6.07) is 0.662. The van der Waals surface area contributed by atoms with Crippen LogP contribution in [0, 0.1) is 0 Å². The fourth-order valence-corrected chi connectivity index (χ4v) is 2.07. The van der Waals surface area contributed by atoms with Gasteiger partial charge in [0.1, 0.15) is 5.82 Å². The van der Waals surface area contributed by atoms with Gasteiger partial charge in [0.05, 0.1) is 0 Å². The zero-order valence-corrected chi connectivity index (χ0v) is 10.9. The van der Waals surface area contributed by atoms with E-state index in [2.05, 4.69) is 34.9 Å². The molecule has 0 fully saturated rings. The van der Waals surface area contributed by atoms with Gasteiger partial charge < -0.3 is 9.88 Å². The van der Waals surface area contributed by atoms with Gasteiger partial charge in [0.15, 0.2) is 0 Å². The first kappa shape index (κ1) is 13.2. The van der Waals surface area contributed by atoms with Crippen LogP contribution in [0.15, 0.2) is 12.4 Å². The Morgan fingerprint density at radius 2 is 2.25 bits per heavy atom. The second-order valence-corrected chi connectivity index (χ2v) is 4.32. The standard InChI is InChI=1S/C13H25N3/c1-4-10-16-11-9-15-13(16)8-6-7-12(5-2)14-3/h9,11-12,14H,4-8,10H2,1-3H3. The molecular weight excluding hydrogens is 198 g/mol. The average molecular weight is 223 g/mol. The van der Waals surface area contributed by atoms with Crippen molar-refractivity contribution in [2.45, 2.75) is 58.5 Å². The van der Waals surface area contributed by atoms with E-state index >= 15 is 0 Å². The Morgan fingerprint density at radius 1 is 1.44 bits per heavy atom. The van der Waals surface area contributed by atoms with Crippen molar-refractivity contribution in [3.05, 3.63) is 18.2 Å². The highest BCUT2D eigenvalue weighted by molar-refractivity contribution is 4.92. The molecule has 3 heteroatoms. The van der Waals surface area contributed by atoms with Crippen LogP contribution < -0.4 is 5.32 Å². The van der Waals surface area contributed by atoms with Crippen molar-refractivity contribution in [3.8, 4) is 0 Å². The van der Waals surface area contributed by atoms with Crippen molar-refractivity contribution in [1.29, 1.82) is 0 Å². The number of nitrogens with one attached hydrogen (secondary N) is 1. The second kappa shape index (κ2) is 7.44. The van der Waals surface area contributed by atoms with Gasteiger partial charge in [-0.1, -0.05) is 13.8 Å². The van der Waals surface area contributed by atoms with Crippen molar-refractivity contribution >= 4 is 0 Å². The third-order valence-electron chi connectivity index (χ3n) is 3.12. The van der Waals surface area contributed by atoms with Gasteiger partial charge in [0, 0.05) is 31.4 Å². The summed E-state index contributed by atoms with van der Waals surface area (Å²) in [6.45, 7) is 5.54. The molecular formula is C13H25N3. The van der Waals surface area contributed by atoms with Crippen molar-refractivity contribution in [2.75, 3.05) is 7.05 Å². The topological polar surface area (TPSA) is 29.9 Å². The van der Waals surface area contributed by atoms with Crippen LogP contribution in [0.3, 0.4) is 0 Å². The van der Waals surface area contributed by atoms with Crippen LogP contribution in [0.25, 0.3) is 0 Å². The number of rotatable bonds is 8. The molecule has 1 aromatic heterocycles. The fraction of sp³-hybridized carbons (Fsp3) is 0.769. The quantitative estimate of drug-likeness (QED) is 0.734. The van der Waals surface area contributed by atoms with E-state index in [1.165, 1.54) is 31.5 Å². The van der Waals surface area contributed by atoms with Crippen molar-refractivity contribution in [1.82, 2.24) is 14.9 Å². The number of hydrogen-bond acceptors (Lipinski definition) is 2. The predicted molar refractivity (Wildman–Crippen MR) is 68.6 cm³/mol. The lowest BCUT2D eigenvalue weighted by Gasteiger charge is -2.13. The average Bonchev–Trinajstić information content (AvgIpc) is 2.73. The van der Waals surface area contributed by atoms with E-state index in [0.29, 0.717) is 6.04 Å². The number of aryl methyl sites for hydroxylation is 2. The van der Waals surface area contributed by atoms with E-state index in [0.717, 1.165) is 13.0 Å². The van der Waals surface area contributed by atoms with Gasteiger partial charge in [-0.2, -0.15) is 0 Å². The smallest absolute Gasteiger partial charge is 0.108 e. The Balaban J connectivity index is 2.33. The summed E-state index contributed by atoms with van der Waals surface area (Å²) in [5.41, 5.74) is 0. The van der Waals surface area contributed by atoms with E-state index in [9.17, 15) is 0 Å². The van der Waals surface area contributed by atoms with Gasteiger partial charge in [-0.15, -0.1) is 0 Å². The van der Waals surface area contributed by atoms with E-state index in [4.69, 9.17) is 0 Å². The van der Waals surface area contributed by atoms with Crippen molar-refractivity contribution in [3.63, 3.8) is 0 Å². The summed E-state index contributed by atoms with van der Waals surface area (Å²) >= 11 is 0. The Labute approximate surface area is 99.3 Å². The summed E-state index contributed by atoms with van der Waals surface area (Å²) in [6.07, 6.45) is 9.96. The molecule has 0 aliphatic heterocycles. The molecule has 3 nitrogen and oxygen atoms in total. The molecule has 0 bridgehead atoms. The normalized spacial score (nSPS) is 12.9. The maximum Gasteiger partial charge on any atom is 0.108 e. The van der Waals surface area contributed by atoms with Gasteiger partial charge in [0.25, 0.3) is 0 Å². The maximum atomic E-state index is 4.43. The van der Waals surface area contributed by atoms with E-state index < -0.39 is 0 Å². The van der Waals surface area contributed by atoms with Gasteiger partial charge >= 0.3 is 0 Å². The third-order valence-corrected chi connectivity index (χ3v) is 3.12. The summed E-state index contributed by atoms with van der Waals surface area (Å²) in [5.74, 6) is 1.24. The highest BCUT2D eigenvalue weighted by Gasteiger charge is 2.05. The predicted octanol–water partition coefficient (Wildman–Crippen LogP) is 2.61. The Morgan fingerprint density at radius 3 is 2.88 bits per heavy atom. The molecule has 0 spiro atoms. The minimum atomic E-state index is 0.662. The highest BCUT2D eigenvalue weighted by Crippen LogP contribution is 2.07. The van der Waals surface area contributed by atoms with Crippen LogP contribution >= 0.6 is 0 Å². The Kier molecular flexibility index (Phi) is 6.16. The fourth-order valence-electron chi connectivity index (χ4n) is 2.07. The van der Waals surface area contributed by atoms with Gasteiger partial charge in [-0.05, 0) is 32.7 Å². The first-order chi connectivity index (χ1) is 7.81. The molecule has 1 atom stereocenters. The minimum Gasteiger partial charge on any atom is -0.335 e. The van der Waals surface area contributed by atoms with Crippen LogP contribution in [-0.2, 0) is 13.0 Å². The number of hydrogen-bond donors (Lipinski definition) is 1. The zero-order chi connectivity index (χ0) is 11.8. The third kappa shape index (κ3) is 3.97. The number of nitrogens with zero attached hydrogens (tertiary/aromatic N) is 2. The molecule has 16 heavy (non-hydrogen) atoms. The monoisotopic (exact) mass is 223 g/mol. The van der Waals surface area contributed by atoms with E-state index in [-0.39, 0.29) is 0 Å². The van der Waals surface area contributed by atoms with Crippen LogP contribution in [0.5, 0.6) is 0 Å². The van der Waals surface area contributed by atoms with E-state index in [1.807, 2.05) is 13.2 Å². The molecule has 0 aliphatic carbocycles. The summed E-state index contributed by atoms with van der Waals surface area (Å²) in [7, 11) is 2.05. The van der Waals surface area contributed by atoms with Gasteiger partial charge in [0.2, 0.25) is 0 Å². The maximum absolute atomic E-state index is 4.43.